The average molecular weight is 481 g/mol. The molecule has 2 aliphatic heterocycles. The molecular weight excluding hydrogens is 467 g/mol. The highest BCUT2D eigenvalue weighted by Crippen LogP contribution is 2.41. The van der Waals surface area contributed by atoms with Crippen LogP contribution in [0.2, 0.25) is 10.0 Å². The van der Waals surface area contributed by atoms with Crippen LogP contribution in [0.15, 0.2) is 48.5 Å². The number of carbonyl (C=O) groups excluding carboxylic acids is 4. The number of benzene rings is 2. The van der Waals surface area contributed by atoms with E-state index in [2.05, 4.69) is 0 Å². The second-order valence-corrected chi connectivity index (χ2v) is 9.64. The Labute approximate surface area is 190 Å². The molecule has 10 heteroatoms. The number of rotatable bonds is 5. The maximum Gasteiger partial charge on any atom is 0.289 e. The van der Waals surface area contributed by atoms with Gasteiger partial charge in [-0.2, -0.15) is 0 Å². The van der Waals surface area contributed by atoms with Crippen molar-refractivity contribution in [3.05, 3.63) is 69.7 Å². The molecule has 2 aromatic rings. The molecule has 0 bridgehead atoms. The lowest BCUT2D eigenvalue weighted by Crippen LogP contribution is -2.40. The molecule has 2 fully saturated rings. The third-order valence-corrected chi connectivity index (χ3v) is 7.97. The van der Waals surface area contributed by atoms with E-state index in [-0.39, 0.29) is 13.1 Å². The van der Waals surface area contributed by atoms with Crippen LogP contribution in [0.4, 0.5) is 9.59 Å². The van der Waals surface area contributed by atoms with E-state index in [0.717, 1.165) is 33.3 Å². The van der Waals surface area contributed by atoms with Crippen molar-refractivity contribution in [3.8, 4) is 0 Å². The van der Waals surface area contributed by atoms with Crippen LogP contribution in [0.25, 0.3) is 0 Å². The number of nitrogens with zero attached hydrogens (tertiary/aromatic N) is 2. The van der Waals surface area contributed by atoms with Gasteiger partial charge in [0, 0.05) is 10.0 Å². The Morgan fingerprint density at radius 3 is 1.40 bits per heavy atom. The molecule has 2 saturated heterocycles. The van der Waals surface area contributed by atoms with Gasteiger partial charge in [0.15, 0.2) is 0 Å². The van der Waals surface area contributed by atoms with Crippen molar-refractivity contribution < 1.29 is 19.2 Å². The predicted molar refractivity (Wildman–Crippen MR) is 118 cm³/mol. The van der Waals surface area contributed by atoms with E-state index in [4.69, 9.17) is 23.2 Å². The molecule has 0 spiro atoms. The molecule has 30 heavy (non-hydrogen) atoms. The summed E-state index contributed by atoms with van der Waals surface area (Å²) in [5.41, 5.74) is 1.26. The molecule has 4 amide bonds. The minimum absolute atomic E-state index is 0.0176. The van der Waals surface area contributed by atoms with Gasteiger partial charge in [0.2, 0.25) is 11.8 Å². The van der Waals surface area contributed by atoms with E-state index >= 15 is 0 Å². The number of carbonyl (C=O) groups is 4. The first-order chi connectivity index (χ1) is 14.4. The third kappa shape index (κ3) is 3.97. The minimum atomic E-state index is -0.960. The summed E-state index contributed by atoms with van der Waals surface area (Å²) in [7, 11) is 0. The fourth-order valence-corrected chi connectivity index (χ4v) is 5.85. The van der Waals surface area contributed by atoms with Gasteiger partial charge in [-0.05, 0) is 46.8 Å². The van der Waals surface area contributed by atoms with Crippen molar-refractivity contribution in [2.45, 2.75) is 23.6 Å². The predicted octanol–water partition coefficient (Wildman–Crippen LogP) is 4.82. The summed E-state index contributed by atoms with van der Waals surface area (Å²) in [5, 5.41) is -1.96. The molecule has 2 aliphatic rings. The van der Waals surface area contributed by atoms with Crippen molar-refractivity contribution in [1.82, 2.24) is 9.80 Å². The zero-order valence-electron chi connectivity index (χ0n) is 15.3. The molecule has 6 nitrogen and oxygen atoms in total. The van der Waals surface area contributed by atoms with Crippen molar-refractivity contribution in [2.24, 2.45) is 0 Å². The van der Waals surface area contributed by atoms with Gasteiger partial charge in [-0.25, -0.2) is 0 Å². The van der Waals surface area contributed by atoms with Gasteiger partial charge in [0.1, 0.15) is 10.5 Å². The summed E-state index contributed by atoms with van der Waals surface area (Å²) >= 11 is 13.8. The van der Waals surface area contributed by atoms with Gasteiger partial charge >= 0.3 is 0 Å². The van der Waals surface area contributed by atoms with E-state index in [1.807, 2.05) is 0 Å². The number of hydrogen-bond donors (Lipinski definition) is 0. The molecule has 0 aromatic heterocycles. The van der Waals surface area contributed by atoms with Crippen LogP contribution >= 0.6 is 46.7 Å². The molecule has 154 valence electrons. The maximum atomic E-state index is 12.9. The fraction of sp³-hybridized carbons (Fsp3) is 0.200. The lowest BCUT2D eigenvalue weighted by atomic mass is 10.1. The highest BCUT2D eigenvalue weighted by atomic mass is 35.5. The number of imide groups is 2. The van der Waals surface area contributed by atoms with Crippen molar-refractivity contribution >= 4 is 69.0 Å². The Kier molecular flexibility index (Phi) is 6.11. The zero-order chi connectivity index (χ0) is 21.4. The number of thioether (sulfide) groups is 2. The Bertz CT molecular complexity index is 981. The molecule has 2 heterocycles. The van der Waals surface area contributed by atoms with E-state index in [9.17, 15) is 19.2 Å². The smallest absolute Gasteiger partial charge is 0.273 e. The first kappa shape index (κ1) is 21.2. The quantitative estimate of drug-likeness (QED) is 0.610. The minimum Gasteiger partial charge on any atom is -0.273 e. The summed E-state index contributed by atoms with van der Waals surface area (Å²) in [6, 6.07) is 13.8. The highest BCUT2D eigenvalue weighted by molar-refractivity contribution is 8.19. The summed E-state index contributed by atoms with van der Waals surface area (Å²) in [5.74, 6) is -0.994. The molecule has 0 radical (unpaired) electrons. The normalized spacial score (nSPS) is 21.8. The molecule has 2 atom stereocenters. The number of hydrogen-bond acceptors (Lipinski definition) is 6. The second kappa shape index (κ2) is 8.63. The van der Waals surface area contributed by atoms with Gasteiger partial charge < -0.3 is 0 Å². The highest BCUT2D eigenvalue weighted by Gasteiger charge is 2.52. The Morgan fingerprint density at radius 1 is 0.667 bits per heavy atom. The summed E-state index contributed by atoms with van der Waals surface area (Å²) in [6.07, 6.45) is 0. The van der Waals surface area contributed by atoms with E-state index < -0.39 is 32.8 Å². The molecule has 4 rings (SSSR count). The third-order valence-electron chi connectivity index (χ3n) is 4.76. The van der Waals surface area contributed by atoms with Crippen LogP contribution < -0.4 is 0 Å². The monoisotopic (exact) mass is 480 g/mol. The standard InChI is InChI=1S/C20H14Cl2N2O4S2/c21-13-7-3-1-5-11(13)9-23-17(25)15(29-19(23)27)16-18(26)24(20(28)30-16)10-12-6-2-4-8-14(12)22/h1-8,15-16H,9-10H2/t15-,16-/m0/s1. The van der Waals surface area contributed by atoms with Crippen LogP contribution in [0.1, 0.15) is 11.1 Å². The molecule has 0 N–H and O–H groups in total. The summed E-state index contributed by atoms with van der Waals surface area (Å²) in [6.45, 7) is 0.0351. The maximum absolute atomic E-state index is 12.9. The second-order valence-electron chi connectivity index (χ2n) is 6.64. The zero-order valence-corrected chi connectivity index (χ0v) is 18.4. The van der Waals surface area contributed by atoms with E-state index in [1.54, 1.807) is 48.5 Å². The van der Waals surface area contributed by atoms with Crippen molar-refractivity contribution in [1.29, 1.82) is 0 Å². The number of halogens is 2. The van der Waals surface area contributed by atoms with Gasteiger partial charge in [-0.3, -0.25) is 29.0 Å². The van der Waals surface area contributed by atoms with Gasteiger partial charge in [-0.1, -0.05) is 59.6 Å². The summed E-state index contributed by atoms with van der Waals surface area (Å²) < 4.78 is 0. The van der Waals surface area contributed by atoms with Crippen LogP contribution in [-0.4, -0.2) is 42.6 Å². The van der Waals surface area contributed by atoms with Crippen LogP contribution in [0.3, 0.4) is 0 Å². The average Bonchev–Trinajstić information content (AvgIpc) is 3.15. The molecule has 0 saturated carbocycles. The molecule has 0 aliphatic carbocycles. The lowest BCUT2D eigenvalue weighted by molar-refractivity contribution is -0.132. The Hall–Kier alpha value is -2.00. The van der Waals surface area contributed by atoms with Gasteiger partial charge in [0.25, 0.3) is 10.5 Å². The van der Waals surface area contributed by atoms with Crippen LogP contribution in [-0.2, 0) is 22.7 Å². The molecule has 2 aromatic carbocycles. The fourth-order valence-electron chi connectivity index (χ4n) is 3.19. The molecule has 0 unspecified atom stereocenters. The largest absolute Gasteiger partial charge is 0.289 e. The van der Waals surface area contributed by atoms with Crippen LogP contribution in [0.5, 0.6) is 0 Å². The van der Waals surface area contributed by atoms with E-state index in [0.29, 0.717) is 21.2 Å². The van der Waals surface area contributed by atoms with Gasteiger partial charge in [0.05, 0.1) is 13.1 Å². The first-order valence-corrected chi connectivity index (χ1v) is 11.4. The lowest BCUT2D eigenvalue weighted by Gasteiger charge is -2.17. The Balaban J connectivity index is 1.50. The van der Waals surface area contributed by atoms with Crippen molar-refractivity contribution in [3.63, 3.8) is 0 Å². The SMILES string of the molecule is O=C1S[C@@H]([C@@H]2SC(=O)N(Cc3ccccc3Cl)C2=O)C(=O)N1Cc1ccccc1Cl. The summed E-state index contributed by atoms with van der Waals surface area (Å²) in [4.78, 5) is 52.9. The first-order valence-electron chi connectivity index (χ1n) is 8.87. The number of amides is 4. The topological polar surface area (TPSA) is 74.8 Å². The Morgan fingerprint density at radius 2 is 1.03 bits per heavy atom. The van der Waals surface area contributed by atoms with Gasteiger partial charge in [-0.15, -0.1) is 0 Å². The van der Waals surface area contributed by atoms with E-state index in [1.165, 1.54) is 0 Å². The molecular formula is C20H14Cl2N2O4S2. The van der Waals surface area contributed by atoms with Crippen LogP contribution in [0, 0.1) is 0 Å². The van der Waals surface area contributed by atoms with Crippen molar-refractivity contribution in [2.75, 3.05) is 0 Å².